The molecule has 214 valence electrons. The standard InChI is InChI=1S/C28H54O2.C3H6O3/c1-3-5-7-9-11-13-14-15-16-17-18-19-20-22-24-26-28(29)30-27-25-23-21-12-10-8-6-4-2;1-2(4)3(5)6/h15-16H,3-14,17-27H2,1-2H3;2,4H,1H3,(H,5,6). The van der Waals surface area contributed by atoms with E-state index >= 15 is 0 Å². The third-order valence-corrected chi connectivity index (χ3v) is 6.26. The first-order valence-corrected chi connectivity index (χ1v) is 15.2. The highest BCUT2D eigenvalue weighted by atomic mass is 16.5. The Morgan fingerprint density at radius 1 is 0.639 bits per heavy atom. The molecule has 1 atom stereocenters. The van der Waals surface area contributed by atoms with Gasteiger partial charge in [0.2, 0.25) is 0 Å². The first-order valence-electron chi connectivity index (χ1n) is 15.2. The number of carboxylic acid groups (broad SMARTS) is 1. The molecule has 0 radical (unpaired) electrons. The van der Waals surface area contributed by atoms with Crippen LogP contribution in [0.15, 0.2) is 12.2 Å². The summed E-state index contributed by atoms with van der Waals surface area (Å²) in [5, 5.41) is 15.8. The van der Waals surface area contributed by atoms with E-state index in [1.54, 1.807) is 0 Å². The fourth-order valence-electron chi connectivity index (χ4n) is 3.83. The fourth-order valence-corrected chi connectivity index (χ4v) is 3.83. The number of unbranched alkanes of at least 4 members (excludes halogenated alkanes) is 18. The van der Waals surface area contributed by atoms with E-state index in [9.17, 15) is 9.59 Å². The van der Waals surface area contributed by atoms with Gasteiger partial charge in [-0.25, -0.2) is 4.79 Å². The van der Waals surface area contributed by atoms with Gasteiger partial charge >= 0.3 is 11.9 Å². The van der Waals surface area contributed by atoms with E-state index in [0.29, 0.717) is 13.0 Å². The van der Waals surface area contributed by atoms with Crippen molar-refractivity contribution >= 4 is 11.9 Å². The van der Waals surface area contributed by atoms with Gasteiger partial charge in [-0.1, -0.05) is 122 Å². The number of hydrogen-bond donors (Lipinski definition) is 2. The number of carbonyl (C=O) groups excluding carboxylic acids is 1. The number of allylic oxidation sites excluding steroid dienone is 2. The molecular weight excluding hydrogens is 452 g/mol. The molecule has 0 saturated carbocycles. The van der Waals surface area contributed by atoms with Crippen LogP contribution < -0.4 is 0 Å². The Hall–Kier alpha value is -1.36. The molecule has 0 bridgehead atoms. The Balaban J connectivity index is 0. The molecule has 5 nitrogen and oxygen atoms in total. The van der Waals surface area contributed by atoms with Gasteiger partial charge in [-0.3, -0.25) is 4.79 Å². The van der Waals surface area contributed by atoms with Crippen molar-refractivity contribution in [1.82, 2.24) is 0 Å². The predicted octanol–water partition coefficient (Wildman–Crippen LogP) is 9.16. The molecule has 0 aliphatic carbocycles. The van der Waals surface area contributed by atoms with E-state index in [0.717, 1.165) is 19.3 Å². The molecule has 0 aliphatic rings. The van der Waals surface area contributed by atoms with Gasteiger partial charge in [-0.2, -0.15) is 0 Å². The fraction of sp³-hybridized carbons (Fsp3) is 0.871. The Labute approximate surface area is 223 Å². The maximum atomic E-state index is 11.8. The molecule has 0 fully saturated rings. The molecule has 0 heterocycles. The number of aliphatic carboxylic acids is 1. The van der Waals surface area contributed by atoms with Crippen LogP contribution in [0.25, 0.3) is 0 Å². The quantitative estimate of drug-likeness (QED) is 0.0723. The van der Waals surface area contributed by atoms with Crippen LogP contribution in [0.5, 0.6) is 0 Å². The molecule has 0 rings (SSSR count). The lowest BCUT2D eigenvalue weighted by atomic mass is 10.1. The summed E-state index contributed by atoms with van der Waals surface area (Å²) in [6.45, 7) is 6.35. The van der Waals surface area contributed by atoms with E-state index < -0.39 is 12.1 Å². The normalized spacial score (nSPS) is 11.8. The van der Waals surface area contributed by atoms with Crippen LogP contribution in [-0.4, -0.2) is 34.9 Å². The van der Waals surface area contributed by atoms with Crippen LogP contribution in [0.1, 0.15) is 162 Å². The van der Waals surface area contributed by atoms with Crippen molar-refractivity contribution in [3.63, 3.8) is 0 Å². The average molecular weight is 513 g/mol. The van der Waals surface area contributed by atoms with Gasteiger partial charge in [0.15, 0.2) is 0 Å². The van der Waals surface area contributed by atoms with E-state index in [-0.39, 0.29) is 5.97 Å². The van der Waals surface area contributed by atoms with Crippen LogP contribution in [0.3, 0.4) is 0 Å². The topological polar surface area (TPSA) is 83.8 Å². The molecular formula is C31H60O5. The van der Waals surface area contributed by atoms with Crippen molar-refractivity contribution in [1.29, 1.82) is 0 Å². The lowest BCUT2D eigenvalue weighted by molar-refractivity contribution is -0.145. The van der Waals surface area contributed by atoms with Crippen molar-refractivity contribution < 1.29 is 24.5 Å². The summed E-state index contributed by atoms with van der Waals surface area (Å²) in [7, 11) is 0. The number of carbonyl (C=O) groups is 2. The largest absolute Gasteiger partial charge is 0.479 e. The van der Waals surface area contributed by atoms with E-state index in [1.165, 1.54) is 122 Å². The maximum absolute atomic E-state index is 11.8. The van der Waals surface area contributed by atoms with Crippen LogP contribution >= 0.6 is 0 Å². The Morgan fingerprint density at radius 3 is 1.42 bits per heavy atom. The Kier molecular flexibility index (Phi) is 32.4. The summed E-state index contributed by atoms with van der Waals surface area (Å²) in [6.07, 6.45) is 31.2. The number of aliphatic hydroxyl groups excluding tert-OH is 1. The van der Waals surface area contributed by atoms with Crippen molar-refractivity contribution in [2.75, 3.05) is 6.61 Å². The molecule has 0 aromatic carbocycles. The molecule has 0 aliphatic heterocycles. The lowest BCUT2D eigenvalue weighted by Gasteiger charge is -2.05. The number of aliphatic hydroxyl groups is 1. The van der Waals surface area contributed by atoms with Gasteiger partial charge in [0.1, 0.15) is 6.10 Å². The first kappa shape index (κ1) is 36.8. The third-order valence-electron chi connectivity index (χ3n) is 6.26. The monoisotopic (exact) mass is 512 g/mol. The second-order valence-corrected chi connectivity index (χ2v) is 10.0. The van der Waals surface area contributed by atoms with Gasteiger partial charge in [-0.05, 0) is 45.4 Å². The van der Waals surface area contributed by atoms with Crippen LogP contribution in [0.2, 0.25) is 0 Å². The summed E-state index contributed by atoms with van der Waals surface area (Å²) in [5.41, 5.74) is 0. The number of rotatable bonds is 25. The molecule has 0 spiro atoms. The maximum Gasteiger partial charge on any atom is 0.332 e. The highest BCUT2D eigenvalue weighted by molar-refractivity contribution is 5.71. The highest BCUT2D eigenvalue weighted by Crippen LogP contribution is 2.11. The minimum atomic E-state index is -1.23. The zero-order valence-corrected chi connectivity index (χ0v) is 24.1. The summed E-state index contributed by atoms with van der Waals surface area (Å²) < 4.78 is 5.36. The van der Waals surface area contributed by atoms with Gasteiger partial charge < -0.3 is 14.9 Å². The summed E-state index contributed by atoms with van der Waals surface area (Å²) >= 11 is 0. The minimum Gasteiger partial charge on any atom is -0.479 e. The molecule has 0 aromatic heterocycles. The number of carboxylic acids is 1. The SMILES string of the molecule is CC(O)C(=O)O.CCCCCCCCC=CCCCCCCCC(=O)OCCCCCCCCCC. The van der Waals surface area contributed by atoms with Crippen molar-refractivity contribution in [3.8, 4) is 0 Å². The second kappa shape index (κ2) is 31.7. The minimum absolute atomic E-state index is 0.00979. The van der Waals surface area contributed by atoms with Crippen molar-refractivity contribution in [2.24, 2.45) is 0 Å². The van der Waals surface area contributed by atoms with Gasteiger partial charge in [0.25, 0.3) is 0 Å². The molecule has 5 heteroatoms. The molecule has 0 amide bonds. The number of hydrogen-bond acceptors (Lipinski definition) is 4. The third kappa shape index (κ3) is 34.8. The number of ether oxygens (including phenoxy) is 1. The lowest BCUT2D eigenvalue weighted by Crippen LogP contribution is -2.13. The predicted molar refractivity (Wildman–Crippen MR) is 152 cm³/mol. The summed E-state index contributed by atoms with van der Waals surface area (Å²) in [4.78, 5) is 21.2. The highest BCUT2D eigenvalue weighted by Gasteiger charge is 2.03. The second-order valence-electron chi connectivity index (χ2n) is 10.0. The molecule has 1 unspecified atom stereocenters. The van der Waals surface area contributed by atoms with Gasteiger partial charge in [-0.15, -0.1) is 0 Å². The molecule has 2 N–H and O–H groups in total. The van der Waals surface area contributed by atoms with Gasteiger partial charge in [0, 0.05) is 6.42 Å². The van der Waals surface area contributed by atoms with Crippen LogP contribution in [0.4, 0.5) is 0 Å². The van der Waals surface area contributed by atoms with Crippen LogP contribution in [0, 0.1) is 0 Å². The van der Waals surface area contributed by atoms with Crippen molar-refractivity contribution in [2.45, 2.75) is 168 Å². The molecule has 36 heavy (non-hydrogen) atoms. The van der Waals surface area contributed by atoms with Crippen molar-refractivity contribution in [3.05, 3.63) is 12.2 Å². The summed E-state index contributed by atoms with van der Waals surface area (Å²) in [5.74, 6) is -1.18. The van der Waals surface area contributed by atoms with E-state index in [2.05, 4.69) is 26.0 Å². The molecule has 0 saturated heterocycles. The smallest absolute Gasteiger partial charge is 0.332 e. The van der Waals surface area contributed by atoms with Crippen LogP contribution in [-0.2, 0) is 14.3 Å². The Bertz CT molecular complexity index is 487. The zero-order chi connectivity index (χ0) is 27.1. The zero-order valence-electron chi connectivity index (χ0n) is 24.1. The van der Waals surface area contributed by atoms with E-state index in [1.807, 2.05) is 0 Å². The average Bonchev–Trinajstić information content (AvgIpc) is 2.85. The first-order chi connectivity index (χ1) is 17.5. The Morgan fingerprint density at radius 2 is 1.00 bits per heavy atom. The van der Waals surface area contributed by atoms with Gasteiger partial charge in [0.05, 0.1) is 6.61 Å². The number of esters is 1. The summed E-state index contributed by atoms with van der Waals surface area (Å²) in [6, 6.07) is 0. The van der Waals surface area contributed by atoms with E-state index in [4.69, 9.17) is 14.9 Å². The molecule has 0 aromatic rings.